The molecule has 0 aliphatic rings. The van der Waals surface area contributed by atoms with E-state index in [2.05, 4.69) is 15.5 Å². The van der Waals surface area contributed by atoms with Crippen LogP contribution in [0, 0.1) is 0 Å². The van der Waals surface area contributed by atoms with E-state index in [-0.39, 0.29) is 17.8 Å². The zero-order chi connectivity index (χ0) is 22.2. The SMILES string of the molecule is CCOc1cc(-c2nnc(NC(=O)c3ccc(OC)cc3)o2)cc(OCC)c1OCC. The first-order chi connectivity index (χ1) is 15.1. The molecule has 0 unspecified atom stereocenters. The Bertz CT molecular complexity index is 989. The summed E-state index contributed by atoms with van der Waals surface area (Å²) >= 11 is 0. The van der Waals surface area contributed by atoms with E-state index in [0.29, 0.717) is 53.9 Å². The van der Waals surface area contributed by atoms with Crippen molar-refractivity contribution in [2.24, 2.45) is 0 Å². The number of nitrogens with one attached hydrogen (secondary N) is 1. The third kappa shape index (κ3) is 5.25. The molecule has 31 heavy (non-hydrogen) atoms. The van der Waals surface area contributed by atoms with Crippen LogP contribution >= 0.6 is 0 Å². The highest BCUT2D eigenvalue weighted by molar-refractivity contribution is 6.03. The Hall–Kier alpha value is -3.75. The third-order valence-electron chi connectivity index (χ3n) is 4.15. The quantitative estimate of drug-likeness (QED) is 0.513. The van der Waals surface area contributed by atoms with Crippen LogP contribution in [0.15, 0.2) is 40.8 Å². The van der Waals surface area contributed by atoms with Crippen molar-refractivity contribution in [3.63, 3.8) is 0 Å². The first-order valence-electron chi connectivity index (χ1n) is 9.95. The summed E-state index contributed by atoms with van der Waals surface area (Å²) in [5.74, 6) is 2.01. The van der Waals surface area contributed by atoms with Gasteiger partial charge in [0.05, 0.1) is 26.9 Å². The monoisotopic (exact) mass is 427 g/mol. The van der Waals surface area contributed by atoms with Gasteiger partial charge in [-0.2, -0.15) is 0 Å². The van der Waals surface area contributed by atoms with E-state index in [1.165, 1.54) is 0 Å². The molecule has 3 rings (SSSR count). The number of methoxy groups -OCH3 is 1. The molecule has 0 bridgehead atoms. The molecule has 0 atom stereocenters. The number of hydrogen-bond acceptors (Lipinski definition) is 8. The van der Waals surface area contributed by atoms with Crippen molar-refractivity contribution < 1.29 is 28.2 Å². The largest absolute Gasteiger partial charge is 0.497 e. The van der Waals surface area contributed by atoms with Crippen LogP contribution in [0.3, 0.4) is 0 Å². The molecule has 1 aromatic heterocycles. The Labute approximate surface area is 180 Å². The average Bonchev–Trinajstić information content (AvgIpc) is 3.24. The standard InChI is InChI=1S/C22H25N3O6/c1-5-28-17-12-15(13-18(29-6-2)19(17)30-7-3)21-24-25-22(31-21)23-20(26)14-8-10-16(27-4)11-9-14/h8-13H,5-7H2,1-4H3,(H,23,25,26). The molecular formula is C22H25N3O6. The number of benzene rings is 2. The second-order valence-corrected chi connectivity index (χ2v) is 6.20. The predicted octanol–water partition coefficient (Wildman–Crippen LogP) is 4.19. The minimum atomic E-state index is -0.380. The van der Waals surface area contributed by atoms with Crippen molar-refractivity contribution in [2.75, 3.05) is 32.2 Å². The Morgan fingerprint density at radius 3 is 2.10 bits per heavy atom. The molecule has 0 saturated carbocycles. The van der Waals surface area contributed by atoms with Gasteiger partial charge in [0.15, 0.2) is 11.5 Å². The van der Waals surface area contributed by atoms with Crippen molar-refractivity contribution in [1.29, 1.82) is 0 Å². The number of carbonyl (C=O) groups is 1. The van der Waals surface area contributed by atoms with Gasteiger partial charge in [-0.1, -0.05) is 5.10 Å². The number of rotatable bonds is 10. The number of anilines is 1. The highest BCUT2D eigenvalue weighted by Crippen LogP contribution is 2.41. The molecule has 1 heterocycles. The van der Waals surface area contributed by atoms with Gasteiger partial charge in [0.25, 0.3) is 5.91 Å². The lowest BCUT2D eigenvalue weighted by Crippen LogP contribution is -2.11. The van der Waals surface area contributed by atoms with E-state index < -0.39 is 0 Å². The molecule has 0 fully saturated rings. The topological polar surface area (TPSA) is 105 Å². The van der Waals surface area contributed by atoms with E-state index in [1.807, 2.05) is 20.8 Å². The summed E-state index contributed by atoms with van der Waals surface area (Å²) in [5.41, 5.74) is 1.01. The number of hydrogen-bond donors (Lipinski definition) is 1. The smallest absolute Gasteiger partial charge is 0.322 e. The lowest BCUT2D eigenvalue weighted by atomic mass is 10.2. The molecule has 3 aromatic rings. The van der Waals surface area contributed by atoms with Gasteiger partial charge in [0.2, 0.25) is 11.6 Å². The van der Waals surface area contributed by atoms with Crippen molar-refractivity contribution in [1.82, 2.24) is 10.2 Å². The average molecular weight is 427 g/mol. The first kappa shape index (κ1) is 21.9. The van der Waals surface area contributed by atoms with Crippen molar-refractivity contribution in [3.05, 3.63) is 42.0 Å². The fourth-order valence-electron chi connectivity index (χ4n) is 2.81. The van der Waals surface area contributed by atoms with Crippen LogP contribution in [0.1, 0.15) is 31.1 Å². The lowest BCUT2D eigenvalue weighted by molar-refractivity contribution is 0.102. The van der Waals surface area contributed by atoms with Crippen molar-refractivity contribution in [3.8, 4) is 34.5 Å². The molecule has 9 heteroatoms. The normalized spacial score (nSPS) is 10.5. The predicted molar refractivity (Wildman–Crippen MR) is 114 cm³/mol. The van der Waals surface area contributed by atoms with Gasteiger partial charge in [-0.05, 0) is 57.2 Å². The molecule has 0 aliphatic heterocycles. The first-order valence-corrected chi connectivity index (χ1v) is 9.95. The van der Waals surface area contributed by atoms with Crippen molar-refractivity contribution in [2.45, 2.75) is 20.8 Å². The van der Waals surface area contributed by atoms with Gasteiger partial charge in [-0.25, -0.2) is 0 Å². The van der Waals surface area contributed by atoms with Gasteiger partial charge >= 0.3 is 6.01 Å². The Morgan fingerprint density at radius 2 is 1.55 bits per heavy atom. The highest BCUT2D eigenvalue weighted by Gasteiger charge is 2.19. The van der Waals surface area contributed by atoms with Crippen LogP contribution in [-0.2, 0) is 0 Å². The molecular weight excluding hydrogens is 402 g/mol. The second-order valence-electron chi connectivity index (χ2n) is 6.20. The second kappa shape index (κ2) is 10.3. The van der Waals surface area contributed by atoms with E-state index in [0.717, 1.165) is 0 Å². The Morgan fingerprint density at radius 1 is 0.935 bits per heavy atom. The summed E-state index contributed by atoms with van der Waals surface area (Å²) < 4.78 is 27.9. The van der Waals surface area contributed by atoms with E-state index in [4.69, 9.17) is 23.4 Å². The van der Waals surface area contributed by atoms with Crippen LogP contribution in [0.2, 0.25) is 0 Å². The van der Waals surface area contributed by atoms with Crippen LogP contribution in [0.5, 0.6) is 23.0 Å². The van der Waals surface area contributed by atoms with Crippen LogP contribution < -0.4 is 24.3 Å². The highest BCUT2D eigenvalue weighted by atomic mass is 16.5. The molecule has 0 spiro atoms. The van der Waals surface area contributed by atoms with Gasteiger partial charge in [0.1, 0.15) is 5.75 Å². The van der Waals surface area contributed by atoms with E-state index in [1.54, 1.807) is 43.5 Å². The van der Waals surface area contributed by atoms with Crippen LogP contribution in [-0.4, -0.2) is 43.0 Å². The molecule has 2 aromatic carbocycles. The van der Waals surface area contributed by atoms with Gasteiger partial charge in [-0.3, -0.25) is 10.1 Å². The number of amides is 1. The summed E-state index contributed by atoms with van der Waals surface area (Å²) in [5, 5.41) is 10.5. The lowest BCUT2D eigenvalue weighted by Gasteiger charge is -2.16. The summed E-state index contributed by atoms with van der Waals surface area (Å²) in [4.78, 5) is 12.4. The maximum Gasteiger partial charge on any atom is 0.322 e. The van der Waals surface area contributed by atoms with Gasteiger partial charge in [0, 0.05) is 11.1 Å². The molecule has 1 amide bonds. The minimum absolute atomic E-state index is 0.0272. The molecule has 0 aliphatic carbocycles. The molecule has 9 nitrogen and oxygen atoms in total. The summed E-state index contributed by atoms with van der Waals surface area (Å²) in [6.45, 7) is 6.99. The third-order valence-corrected chi connectivity index (χ3v) is 4.15. The van der Waals surface area contributed by atoms with Gasteiger partial charge < -0.3 is 23.4 Å². The molecule has 164 valence electrons. The van der Waals surface area contributed by atoms with Crippen molar-refractivity contribution >= 4 is 11.9 Å². The molecule has 1 N–H and O–H groups in total. The molecule has 0 radical (unpaired) electrons. The fraction of sp³-hybridized carbons (Fsp3) is 0.318. The van der Waals surface area contributed by atoms with Crippen LogP contribution in [0.25, 0.3) is 11.5 Å². The summed E-state index contributed by atoms with van der Waals surface area (Å²) in [7, 11) is 1.56. The number of carbonyl (C=O) groups excluding carboxylic acids is 1. The maximum absolute atomic E-state index is 12.4. The number of nitrogens with zero attached hydrogens (tertiary/aromatic N) is 2. The summed E-state index contributed by atoms with van der Waals surface area (Å²) in [6, 6.07) is 10.1. The summed E-state index contributed by atoms with van der Waals surface area (Å²) in [6.07, 6.45) is 0. The van der Waals surface area contributed by atoms with E-state index in [9.17, 15) is 4.79 Å². The fourth-order valence-corrected chi connectivity index (χ4v) is 2.81. The van der Waals surface area contributed by atoms with Crippen LogP contribution in [0.4, 0.5) is 6.01 Å². The number of aromatic nitrogens is 2. The number of ether oxygens (including phenoxy) is 4. The zero-order valence-electron chi connectivity index (χ0n) is 17.9. The molecule has 0 saturated heterocycles. The minimum Gasteiger partial charge on any atom is -0.497 e. The Kier molecular flexibility index (Phi) is 7.31. The Balaban J connectivity index is 1.85. The zero-order valence-corrected chi connectivity index (χ0v) is 17.9. The maximum atomic E-state index is 12.4. The van der Waals surface area contributed by atoms with E-state index >= 15 is 0 Å². The van der Waals surface area contributed by atoms with Gasteiger partial charge in [-0.15, -0.1) is 5.10 Å².